The SMILES string of the molecule is CN1CCC[C@H]1[C@H]1COCCN1C(=O)c1ccc(C(N)=O)cc1. The van der Waals surface area contributed by atoms with Gasteiger partial charge >= 0.3 is 0 Å². The van der Waals surface area contributed by atoms with E-state index < -0.39 is 5.91 Å². The van der Waals surface area contributed by atoms with Gasteiger partial charge in [0.05, 0.1) is 19.3 Å². The van der Waals surface area contributed by atoms with Crippen LogP contribution in [0.25, 0.3) is 0 Å². The van der Waals surface area contributed by atoms with Gasteiger partial charge in [0.25, 0.3) is 5.91 Å². The molecule has 2 amide bonds. The molecule has 2 heterocycles. The standard InChI is InChI=1S/C17H23N3O3/c1-19-8-2-3-14(19)15-11-23-10-9-20(15)17(22)13-6-4-12(5-7-13)16(18)21/h4-7,14-15H,2-3,8-11H2,1H3,(H2,18,21)/t14-,15+/m0/s1. The Morgan fingerprint density at radius 1 is 1.13 bits per heavy atom. The van der Waals surface area contributed by atoms with Crippen LogP contribution < -0.4 is 5.73 Å². The second kappa shape index (κ2) is 6.68. The fraction of sp³-hybridized carbons (Fsp3) is 0.529. The highest BCUT2D eigenvalue weighted by atomic mass is 16.5. The summed E-state index contributed by atoms with van der Waals surface area (Å²) in [5.74, 6) is -0.490. The van der Waals surface area contributed by atoms with Crippen LogP contribution in [0.3, 0.4) is 0 Å². The second-order valence-corrected chi connectivity index (χ2v) is 6.27. The summed E-state index contributed by atoms with van der Waals surface area (Å²) in [4.78, 5) is 28.3. The monoisotopic (exact) mass is 317 g/mol. The van der Waals surface area contributed by atoms with Crippen LogP contribution in [0.2, 0.25) is 0 Å². The second-order valence-electron chi connectivity index (χ2n) is 6.27. The normalized spacial score (nSPS) is 25.5. The Kier molecular flexibility index (Phi) is 4.63. The van der Waals surface area contributed by atoms with Crippen molar-refractivity contribution in [2.75, 3.05) is 33.4 Å². The van der Waals surface area contributed by atoms with E-state index in [0.717, 1.165) is 19.4 Å². The summed E-state index contributed by atoms with van der Waals surface area (Å²) < 4.78 is 5.63. The Labute approximate surface area is 136 Å². The van der Waals surface area contributed by atoms with Crippen LogP contribution in [0.5, 0.6) is 0 Å². The smallest absolute Gasteiger partial charge is 0.254 e. The topological polar surface area (TPSA) is 75.9 Å². The Morgan fingerprint density at radius 3 is 2.43 bits per heavy atom. The molecule has 0 radical (unpaired) electrons. The number of benzene rings is 1. The highest BCUT2D eigenvalue weighted by Gasteiger charge is 2.37. The van der Waals surface area contributed by atoms with E-state index in [9.17, 15) is 9.59 Å². The molecule has 0 aromatic heterocycles. The third-order valence-electron chi connectivity index (χ3n) is 4.86. The van der Waals surface area contributed by atoms with E-state index in [4.69, 9.17) is 10.5 Å². The van der Waals surface area contributed by atoms with Gasteiger partial charge in [-0.05, 0) is 50.7 Å². The van der Waals surface area contributed by atoms with Crippen molar-refractivity contribution in [1.82, 2.24) is 9.80 Å². The molecule has 2 aliphatic rings. The van der Waals surface area contributed by atoms with Crippen LogP contribution >= 0.6 is 0 Å². The molecule has 0 spiro atoms. The van der Waals surface area contributed by atoms with E-state index >= 15 is 0 Å². The Bertz CT molecular complexity index is 587. The van der Waals surface area contributed by atoms with Gasteiger partial charge in [-0.3, -0.25) is 9.59 Å². The first-order valence-corrected chi connectivity index (χ1v) is 8.07. The summed E-state index contributed by atoms with van der Waals surface area (Å²) in [6, 6.07) is 6.99. The molecule has 0 saturated carbocycles. The number of nitrogens with two attached hydrogens (primary N) is 1. The quantitative estimate of drug-likeness (QED) is 0.891. The fourth-order valence-electron chi connectivity index (χ4n) is 3.56. The molecule has 0 bridgehead atoms. The Hall–Kier alpha value is -1.92. The van der Waals surface area contributed by atoms with E-state index in [2.05, 4.69) is 11.9 Å². The van der Waals surface area contributed by atoms with Crippen LogP contribution in [0.4, 0.5) is 0 Å². The molecule has 6 nitrogen and oxygen atoms in total. The van der Waals surface area contributed by atoms with Crippen molar-refractivity contribution >= 4 is 11.8 Å². The molecular weight excluding hydrogens is 294 g/mol. The number of morpholine rings is 1. The highest BCUT2D eigenvalue weighted by molar-refractivity contribution is 5.97. The summed E-state index contributed by atoms with van der Waals surface area (Å²) in [5, 5.41) is 0. The van der Waals surface area contributed by atoms with Gasteiger partial charge in [-0.15, -0.1) is 0 Å². The van der Waals surface area contributed by atoms with Gasteiger partial charge in [0, 0.05) is 23.7 Å². The van der Waals surface area contributed by atoms with Crippen LogP contribution in [-0.4, -0.2) is 67.0 Å². The first-order chi connectivity index (χ1) is 11.1. The zero-order valence-corrected chi connectivity index (χ0v) is 13.4. The number of hydrogen-bond acceptors (Lipinski definition) is 4. The van der Waals surface area contributed by atoms with Gasteiger partial charge in [-0.1, -0.05) is 0 Å². The molecule has 2 fully saturated rings. The van der Waals surface area contributed by atoms with Crippen molar-refractivity contribution in [1.29, 1.82) is 0 Å². The number of carbonyl (C=O) groups excluding carboxylic acids is 2. The van der Waals surface area contributed by atoms with Crippen LogP contribution in [-0.2, 0) is 4.74 Å². The Morgan fingerprint density at radius 2 is 1.83 bits per heavy atom. The maximum absolute atomic E-state index is 12.9. The van der Waals surface area contributed by atoms with Crippen molar-refractivity contribution in [3.05, 3.63) is 35.4 Å². The molecule has 1 aromatic rings. The number of ether oxygens (including phenoxy) is 1. The largest absolute Gasteiger partial charge is 0.377 e. The molecule has 2 saturated heterocycles. The van der Waals surface area contributed by atoms with Crippen LogP contribution in [0, 0.1) is 0 Å². The summed E-state index contributed by atoms with van der Waals surface area (Å²) >= 11 is 0. The minimum absolute atomic E-state index is 0.00498. The van der Waals surface area contributed by atoms with Gasteiger partial charge in [0.15, 0.2) is 0 Å². The molecule has 0 aliphatic carbocycles. The molecule has 2 atom stereocenters. The minimum Gasteiger partial charge on any atom is -0.377 e. The number of amides is 2. The van der Waals surface area contributed by atoms with Gasteiger partial charge < -0.3 is 20.3 Å². The Balaban J connectivity index is 1.79. The van der Waals surface area contributed by atoms with E-state index in [1.54, 1.807) is 24.3 Å². The average molecular weight is 317 g/mol. The van der Waals surface area contributed by atoms with Crippen molar-refractivity contribution in [2.24, 2.45) is 5.73 Å². The molecule has 1 aromatic carbocycles. The van der Waals surface area contributed by atoms with E-state index in [-0.39, 0.29) is 11.9 Å². The molecule has 2 aliphatic heterocycles. The predicted octanol–water partition coefficient (Wildman–Crippen LogP) is 0.721. The van der Waals surface area contributed by atoms with Gasteiger partial charge in [0.1, 0.15) is 0 Å². The molecule has 3 rings (SSSR count). The molecule has 124 valence electrons. The van der Waals surface area contributed by atoms with Gasteiger partial charge in [-0.25, -0.2) is 0 Å². The number of likely N-dealkylation sites (N-methyl/N-ethyl adjacent to an activating group) is 1. The van der Waals surface area contributed by atoms with E-state index in [0.29, 0.717) is 36.9 Å². The molecule has 6 heteroatoms. The fourth-order valence-corrected chi connectivity index (χ4v) is 3.56. The molecule has 2 N–H and O–H groups in total. The van der Waals surface area contributed by atoms with Crippen molar-refractivity contribution < 1.29 is 14.3 Å². The summed E-state index contributed by atoms with van der Waals surface area (Å²) in [6.07, 6.45) is 2.25. The van der Waals surface area contributed by atoms with E-state index in [1.165, 1.54) is 0 Å². The van der Waals surface area contributed by atoms with Crippen LogP contribution in [0.1, 0.15) is 33.6 Å². The number of rotatable bonds is 3. The number of primary amides is 1. The lowest BCUT2D eigenvalue weighted by molar-refractivity contribution is -0.0233. The van der Waals surface area contributed by atoms with Crippen LogP contribution in [0.15, 0.2) is 24.3 Å². The highest BCUT2D eigenvalue weighted by Crippen LogP contribution is 2.25. The maximum atomic E-state index is 12.9. The summed E-state index contributed by atoms with van der Waals surface area (Å²) in [7, 11) is 2.11. The van der Waals surface area contributed by atoms with E-state index in [1.807, 2.05) is 4.90 Å². The van der Waals surface area contributed by atoms with Crippen molar-refractivity contribution in [3.8, 4) is 0 Å². The first kappa shape index (κ1) is 16.0. The summed E-state index contributed by atoms with van der Waals surface area (Å²) in [6.45, 7) is 2.82. The third-order valence-corrected chi connectivity index (χ3v) is 4.86. The zero-order chi connectivity index (χ0) is 16.4. The number of hydrogen-bond donors (Lipinski definition) is 1. The van der Waals surface area contributed by atoms with Gasteiger partial charge in [0.2, 0.25) is 5.91 Å². The zero-order valence-electron chi connectivity index (χ0n) is 13.4. The predicted molar refractivity (Wildman–Crippen MR) is 86.3 cm³/mol. The van der Waals surface area contributed by atoms with Gasteiger partial charge in [-0.2, -0.15) is 0 Å². The lowest BCUT2D eigenvalue weighted by Gasteiger charge is -2.41. The lowest BCUT2D eigenvalue weighted by atomic mass is 10.0. The first-order valence-electron chi connectivity index (χ1n) is 8.07. The maximum Gasteiger partial charge on any atom is 0.254 e. The number of nitrogens with zero attached hydrogens (tertiary/aromatic N) is 2. The average Bonchev–Trinajstić information content (AvgIpc) is 3.00. The molecule has 0 unspecified atom stereocenters. The minimum atomic E-state index is -0.485. The molecular formula is C17H23N3O3. The molecule has 23 heavy (non-hydrogen) atoms. The lowest BCUT2D eigenvalue weighted by Crippen LogP contribution is -2.56. The summed E-state index contributed by atoms with van der Waals surface area (Å²) in [5.41, 5.74) is 6.24. The third kappa shape index (κ3) is 3.23. The number of likely N-dealkylation sites (tertiary alicyclic amines) is 1. The number of carbonyl (C=O) groups is 2. The van der Waals surface area contributed by atoms with Crippen molar-refractivity contribution in [2.45, 2.75) is 24.9 Å². The van der Waals surface area contributed by atoms with Crippen molar-refractivity contribution in [3.63, 3.8) is 0 Å².